The van der Waals surface area contributed by atoms with Gasteiger partial charge in [0.1, 0.15) is 0 Å². The zero-order chi connectivity index (χ0) is 12.8. The van der Waals surface area contributed by atoms with E-state index < -0.39 is 6.10 Å². The van der Waals surface area contributed by atoms with Gasteiger partial charge in [-0.15, -0.1) is 0 Å². The second-order valence-electron chi connectivity index (χ2n) is 4.54. The number of rotatable bonds is 6. The second kappa shape index (κ2) is 6.62. The first-order valence-electron chi connectivity index (χ1n) is 6.22. The predicted molar refractivity (Wildman–Crippen MR) is 71.3 cm³/mol. The standard InChI is InChI=1S/C14H23NO2/c1-4-14(17)12-7-5-6-8-13(12)15(3)10-9-11(2)16/h5-8,11,14,16-17H,4,9-10H2,1-3H3/t11?,14-/m0/s1. The molecule has 3 heteroatoms. The first-order valence-corrected chi connectivity index (χ1v) is 6.22. The van der Waals surface area contributed by atoms with Gasteiger partial charge < -0.3 is 15.1 Å². The monoisotopic (exact) mass is 237 g/mol. The Labute approximate surface area is 104 Å². The van der Waals surface area contributed by atoms with Crippen LogP contribution in [0.2, 0.25) is 0 Å². The van der Waals surface area contributed by atoms with Crippen molar-refractivity contribution in [1.82, 2.24) is 0 Å². The van der Waals surface area contributed by atoms with Gasteiger partial charge in [-0.25, -0.2) is 0 Å². The lowest BCUT2D eigenvalue weighted by Crippen LogP contribution is -2.23. The van der Waals surface area contributed by atoms with E-state index in [1.54, 1.807) is 6.92 Å². The molecular weight excluding hydrogens is 214 g/mol. The van der Waals surface area contributed by atoms with Gasteiger partial charge in [0.25, 0.3) is 0 Å². The molecule has 1 aromatic rings. The lowest BCUT2D eigenvalue weighted by atomic mass is 10.0. The fourth-order valence-corrected chi connectivity index (χ4v) is 1.84. The molecule has 1 unspecified atom stereocenters. The van der Waals surface area contributed by atoms with E-state index in [0.29, 0.717) is 6.42 Å². The summed E-state index contributed by atoms with van der Waals surface area (Å²) in [5.74, 6) is 0. The van der Waals surface area contributed by atoms with Gasteiger partial charge in [0.05, 0.1) is 12.2 Å². The molecule has 0 amide bonds. The maximum absolute atomic E-state index is 9.96. The summed E-state index contributed by atoms with van der Waals surface area (Å²) in [6.45, 7) is 4.54. The van der Waals surface area contributed by atoms with Crippen LogP contribution >= 0.6 is 0 Å². The summed E-state index contributed by atoms with van der Waals surface area (Å²) in [4.78, 5) is 2.08. The molecule has 0 bridgehead atoms. The minimum Gasteiger partial charge on any atom is -0.393 e. The third-order valence-corrected chi connectivity index (χ3v) is 2.98. The molecule has 2 N–H and O–H groups in total. The van der Waals surface area contributed by atoms with Crippen LogP contribution in [0, 0.1) is 0 Å². The minimum absolute atomic E-state index is 0.291. The molecule has 0 aliphatic heterocycles. The van der Waals surface area contributed by atoms with Gasteiger partial charge in [0.2, 0.25) is 0 Å². The first kappa shape index (κ1) is 14.0. The van der Waals surface area contributed by atoms with Crippen LogP contribution in [0.15, 0.2) is 24.3 Å². The number of para-hydroxylation sites is 1. The highest BCUT2D eigenvalue weighted by atomic mass is 16.3. The third kappa shape index (κ3) is 4.02. The highest BCUT2D eigenvalue weighted by Crippen LogP contribution is 2.27. The smallest absolute Gasteiger partial charge is 0.0807 e. The van der Waals surface area contributed by atoms with Gasteiger partial charge in [-0.3, -0.25) is 0 Å². The Morgan fingerprint density at radius 2 is 1.88 bits per heavy atom. The second-order valence-corrected chi connectivity index (χ2v) is 4.54. The summed E-state index contributed by atoms with van der Waals surface area (Å²) >= 11 is 0. The molecule has 0 spiro atoms. The Morgan fingerprint density at radius 3 is 2.47 bits per heavy atom. The third-order valence-electron chi connectivity index (χ3n) is 2.98. The first-order chi connectivity index (χ1) is 8.06. The molecule has 96 valence electrons. The van der Waals surface area contributed by atoms with Gasteiger partial charge in [0.15, 0.2) is 0 Å². The van der Waals surface area contributed by atoms with E-state index in [2.05, 4.69) is 4.90 Å². The van der Waals surface area contributed by atoms with Crippen molar-refractivity contribution in [2.24, 2.45) is 0 Å². The van der Waals surface area contributed by atoms with E-state index in [1.807, 2.05) is 38.2 Å². The molecule has 0 fully saturated rings. The minimum atomic E-state index is -0.416. The zero-order valence-corrected chi connectivity index (χ0v) is 10.9. The van der Waals surface area contributed by atoms with Gasteiger partial charge in [-0.2, -0.15) is 0 Å². The molecule has 1 rings (SSSR count). The maximum Gasteiger partial charge on any atom is 0.0807 e. The van der Waals surface area contributed by atoms with E-state index in [1.165, 1.54) is 0 Å². The van der Waals surface area contributed by atoms with Gasteiger partial charge in [-0.05, 0) is 25.8 Å². The Balaban J connectivity index is 2.81. The molecule has 2 atom stereocenters. The number of hydrogen-bond acceptors (Lipinski definition) is 3. The summed E-state index contributed by atoms with van der Waals surface area (Å²) in [6, 6.07) is 7.89. The number of nitrogens with zero attached hydrogens (tertiary/aromatic N) is 1. The van der Waals surface area contributed by atoms with Crippen molar-refractivity contribution in [2.45, 2.75) is 38.9 Å². The lowest BCUT2D eigenvalue weighted by Gasteiger charge is -2.24. The molecule has 0 aliphatic carbocycles. The molecule has 0 radical (unpaired) electrons. The summed E-state index contributed by atoms with van der Waals surface area (Å²) in [7, 11) is 1.99. The van der Waals surface area contributed by atoms with E-state index in [0.717, 1.165) is 24.2 Å². The molecule has 0 aliphatic rings. The largest absolute Gasteiger partial charge is 0.393 e. The quantitative estimate of drug-likeness (QED) is 0.798. The number of hydrogen-bond donors (Lipinski definition) is 2. The normalized spacial score (nSPS) is 14.4. The highest BCUT2D eigenvalue weighted by Gasteiger charge is 2.13. The zero-order valence-electron chi connectivity index (χ0n) is 10.9. The Kier molecular flexibility index (Phi) is 5.45. The summed E-state index contributed by atoms with van der Waals surface area (Å²) in [6.07, 6.45) is 0.731. The van der Waals surface area contributed by atoms with Crippen LogP contribution in [0.25, 0.3) is 0 Å². The van der Waals surface area contributed by atoms with Crippen LogP contribution < -0.4 is 4.90 Å². The van der Waals surface area contributed by atoms with Crippen LogP contribution in [-0.4, -0.2) is 29.9 Å². The van der Waals surface area contributed by atoms with Crippen molar-refractivity contribution in [2.75, 3.05) is 18.5 Å². The Hall–Kier alpha value is -1.06. The molecule has 3 nitrogen and oxygen atoms in total. The average Bonchev–Trinajstić information content (AvgIpc) is 2.34. The molecule has 17 heavy (non-hydrogen) atoms. The van der Waals surface area contributed by atoms with E-state index in [-0.39, 0.29) is 6.10 Å². The van der Waals surface area contributed by atoms with Gasteiger partial charge in [-0.1, -0.05) is 25.1 Å². The molecule has 0 heterocycles. The van der Waals surface area contributed by atoms with Crippen molar-refractivity contribution < 1.29 is 10.2 Å². The molecule has 0 saturated heterocycles. The van der Waals surface area contributed by atoms with Crippen LogP contribution in [0.3, 0.4) is 0 Å². The Morgan fingerprint density at radius 1 is 1.24 bits per heavy atom. The number of aliphatic hydroxyl groups is 2. The fraction of sp³-hybridized carbons (Fsp3) is 0.571. The molecule has 1 aromatic carbocycles. The topological polar surface area (TPSA) is 43.7 Å². The number of aliphatic hydroxyl groups excluding tert-OH is 2. The molecule has 0 saturated carbocycles. The van der Waals surface area contributed by atoms with E-state index in [9.17, 15) is 10.2 Å². The maximum atomic E-state index is 9.96. The summed E-state index contributed by atoms with van der Waals surface area (Å²) in [5.41, 5.74) is 2.01. The van der Waals surface area contributed by atoms with E-state index in [4.69, 9.17) is 0 Å². The van der Waals surface area contributed by atoms with E-state index >= 15 is 0 Å². The van der Waals surface area contributed by atoms with Crippen molar-refractivity contribution in [3.05, 3.63) is 29.8 Å². The molecule has 0 aromatic heterocycles. The molecular formula is C14H23NO2. The van der Waals surface area contributed by atoms with Crippen LogP contribution in [-0.2, 0) is 0 Å². The van der Waals surface area contributed by atoms with Crippen molar-refractivity contribution in [3.8, 4) is 0 Å². The highest BCUT2D eigenvalue weighted by molar-refractivity contribution is 5.54. The van der Waals surface area contributed by atoms with Gasteiger partial charge in [0, 0.05) is 24.8 Å². The van der Waals surface area contributed by atoms with Crippen LogP contribution in [0.5, 0.6) is 0 Å². The SMILES string of the molecule is CC[C@H](O)c1ccccc1N(C)CCC(C)O. The lowest BCUT2D eigenvalue weighted by molar-refractivity contribution is 0.173. The summed E-state index contributed by atoms with van der Waals surface area (Å²) in [5, 5.41) is 19.3. The number of anilines is 1. The average molecular weight is 237 g/mol. The van der Waals surface area contributed by atoms with Crippen LogP contribution in [0.1, 0.15) is 38.4 Å². The van der Waals surface area contributed by atoms with Gasteiger partial charge >= 0.3 is 0 Å². The van der Waals surface area contributed by atoms with Crippen molar-refractivity contribution in [3.63, 3.8) is 0 Å². The van der Waals surface area contributed by atoms with Crippen molar-refractivity contribution in [1.29, 1.82) is 0 Å². The van der Waals surface area contributed by atoms with Crippen LogP contribution in [0.4, 0.5) is 5.69 Å². The Bertz CT molecular complexity index is 339. The predicted octanol–water partition coefficient (Wildman–Crippen LogP) is 2.34. The number of benzene rings is 1. The van der Waals surface area contributed by atoms with Crippen molar-refractivity contribution >= 4 is 5.69 Å². The fourth-order valence-electron chi connectivity index (χ4n) is 1.84. The summed E-state index contributed by atoms with van der Waals surface area (Å²) < 4.78 is 0.